The van der Waals surface area contributed by atoms with Gasteiger partial charge in [-0.25, -0.2) is 0 Å². The van der Waals surface area contributed by atoms with Crippen LogP contribution in [-0.4, -0.2) is 4.75 Å². The summed E-state index contributed by atoms with van der Waals surface area (Å²) < 4.78 is 0.895. The fourth-order valence-corrected chi connectivity index (χ4v) is 4.10. The topological polar surface area (TPSA) is 23.8 Å². The van der Waals surface area contributed by atoms with Gasteiger partial charge in [-0.1, -0.05) is 26.0 Å². The van der Waals surface area contributed by atoms with Crippen molar-refractivity contribution in [2.75, 3.05) is 0 Å². The maximum absolute atomic E-state index is 9.40. The zero-order valence-corrected chi connectivity index (χ0v) is 12.5. The van der Waals surface area contributed by atoms with Crippen molar-refractivity contribution in [1.82, 2.24) is 0 Å². The van der Waals surface area contributed by atoms with E-state index < -0.39 is 0 Å². The van der Waals surface area contributed by atoms with Crippen LogP contribution in [0.2, 0.25) is 0 Å². The highest BCUT2D eigenvalue weighted by Crippen LogP contribution is 2.53. The molecule has 0 aromatic heterocycles. The van der Waals surface area contributed by atoms with Crippen LogP contribution in [0, 0.1) is 23.2 Å². The summed E-state index contributed by atoms with van der Waals surface area (Å²) in [7, 11) is 0. The van der Waals surface area contributed by atoms with E-state index in [0.29, 0.717) is 11.8 Å². The van der Waals surface area contributed by atoms with Crippen molar-refractivity contribution in [2.24, 2.45) is 11.8 Å². The van der Waals surface area contributed by atoms with Crippen LogP contribution in [0.25, 0.3) is 0 Å². The van der Waals surface area contributed by atoms with Crippen LogP contribution >= 0.6 is 27.7 Å². The van der Waals surface area contributed by atoms with Crippen molar-refractivity contribution in [3.8, 4) is 6.07 Å². The Morgan fingerprint density at radius 1 is 1.41 bits per heavy atom. The first-order valence-electron chi connectivity index (χ1n) is 5.91. The standard InChI is InChI=1S/C14H16BrNS/c1-10(2)11-7-14(8-11,9-16)17-13-6-4-3-5-12(13)15/h3-6,10-11H,7-8H2,1-2H3. The Morgan fingerprint density at radius 3 is 2.59 bits per heavy atom. The van der Waals surface area contributed by atoms with E-state index in [0.717, 1.165) is 17.3 Å². The molecule has 0 N–H and O–H groups in total. The minimum atomic E-state index is -0.196. The molecule has 1 fully saturated rings. The maximum Gasteiger partial charge on any atom is 0.108 e. The molecule has 1 nitrogen and oxygen atoms in total. The quantitative estimate of drug-likeness (QED) is 0.795. The van der Waals surface area contributed by atoms with Crippen molar-refractivity contribution >= 4 is 27.7 Å². The first kappa shape index (κ1) is 13.0. The van der Waals surface area contributed by atoms with E-state index in [1.807, 2.05) is 18.2 Å². The average Bonchev–Trinajstić information content (AvgIpc) is 2.25. The second kappa shape index (κ2) is 5.04. The minimum Gasteiger partial charge on any atom is -0.197 e. The average molecular weight is 310 g/mol. The second-order valence-electron chi connectivity index (χ2n) is 5.05. The van der Waals surface area contributed by atoms with Crippen molar-refractivity contribution in [3.05, 3.63) is 28.7 Å². The Hall–Kier alpha value is -0.460. The van der Waals surface area contributed by atoms with Gasteiger partial charge in [-0.3, -0.25) is 0 Å². The molecule has 1 aliphatic rings. The molecule has 0 bridgehead atoms. The predicted molar refractivity (Wildman–Crippen MR) is 75.9 cm³/mol. The monoisotopic (exact) mass is 309 g/mol. The van der Waals surface area contributed by atoms with Gasteiger partial charge in [0, 0.05) is 9.37 Å². The number of hydrogen-bond acceptors (Lipinski definition) is 2. The lowest BCUT2D eigenvalue weighted by atomic mass is 9.69. The Balaban J connectivity index is 2.09. The Bertz CT molecular complexity index is 444. The molecule has 17 heavy (non-hydrogen) atoms. The van der Waals surface area contributed by atoms with Crippen LogP contribution in [0.1, 0.15) is 26.7 Å². The number of rotatable bonds is 3. The van der Waals surface area contributed by atoms with Gasteiger partial charge in [0.05, 0.1) is 6.07 Å². The lowest BCUT2D eigenvalue weighted by Crippen LogP contribution is -2.41. The largest absolute Gasteiger partial charge is 0.197 e. The lowest BCUT2D eigenvalue weighted by molar-refractivity contribution is 0.207. The zero-order valence-electron chi connectivity index (χ0n) is 10.1. The van der Waals surface area contributed by atoms with E-state index in [1.54, 1.807) is 11.8 Å². The first-order chi connectivity index (χ1) is 8.06. The number of halogens is 1. The van der Waals surface area contributed by atoms with Crippen LogP contribution in [-0.2, 0) is 0 Å². The van der Waals surface area contributed by atoms with Crippen molar-refractivity contribution < 1.29 is 0 Å². The maximum atomic E-state index is 9.40. The van der Waals surface area contributed by atoms with Gasteiger partial charge in [0.25, 0.3) is 0 Å². The molecule has 0 unspecified atom stereocenters. The SMILES string of the molecule is CC(C)C1CC(C#N)(Sc2ccccc2Br)C1. The van der Waals surface area contributed by atoms with Crippen molar-refractivity contribution in [3.63, 3.8) is 0 Å². The number of hydrogen-bond donors (Lipinski definition) is 0. The van der Waals surface area contributed by atoms with E-state index in [4.69, 9.17) is 0 Å². The van der Waals surface area contributed by atoms with E-state index in [-0.39, 0.29) is 4.75 Å². The van der Waals surface area contributed by atoms with Crippen LogP contribution in [0.5, 0.6) is 0 Å². The lowest BCUT2D eigenvalue weighted by Gasteiger charge is -2.44. The minimum absolute atomic E-state index is 0.196. The van der Waals surface area contributed by atoms with Gasteiger partial charge in [-0.2, -0.15) is 5.26 Å². The van der Waals surface area contributed by atoms with E-state index in [9.17, 15) is 5.26 Å². The molecule has 0 spiro atoms. The van der Waals surface area contributed by atoms with Crippen molar-refractivity contribution in [1.29, 1.82) is 5.26 Å². The van der Waals surface area contributed by atoms with Gasteiger partial charge in [0.1, 0.15) is 4.75 Å². The van der Waals surface area contributed by atoms with Crippen LogP contribution in [0.4, 0.5) is 0 Å². The van der Waals surface area contributed by atoms with Crippen LogP contribution in [0.3, 0.4) is 0 Å². The van der Waals surface area contributed by atoms with Gasteiger partial charge in [0.2, 0.25) is 0 Å². The van der Waals surface area contributed by atoms with Gasteiger partial charge < -0.3 is 0 Å². The number of nitrogens with zero attached hydrogens (tertiary/aromatic N) is 1. The molecule has 90 valence electrons. The molecule has 3 heteroatoms. The molecule has 1 aliphatic carbocycles. The molecule has 0 atom stereocenters. The fraction of sp³-hybridized carbons (Fsp3) is 0.500. The summed E-state index contributed by atoms with van der Waals surface area (Å²) in [6.07, 6.45) is 2.04. The van der Waals surface area contributed by atoms with Crippen LogP contribution in [0.15, 0.2) is 33.6 Å². The van der Waals surface area contributed by atoms with Gasteiger partial charge in [0.15, 0.2) is 0 Å². The molecule has 0 saturated heterocycles. The molecule has 0 radical (unpaired) electrons. The third kappa shape index (κ3) is 2.69. The third-order valence-corrected chi connectivity index (χ3v) is 5.82. The second-order valence-corrected chi connectivity index (χ2v) is 7.33. The Kier molecular flexibility index (Phi) is 3.85. The smallest absolute Gasteiger partial charge is 0.108 e. The molecule has 0 heterocycles. The fourth-order valence-electron chi connectivity index (χ4n) is 2.19. The van der Waals surface area contributed by atoms with Gasteiger partial charge in [-0.15, -0.1) is 11.8 Å². The molecule has 1 saturated carbocycles. The summed E-state index contributed by atoms with van der Waals surface area (Å²) in [5.74, 6) is 1.40. The van der Waals surface area contributed by atoms with E-state index in [2.05, 4.69) is 41.9 Å². The molecule has 0 aliphatic heterocycles. The summed E-state index contributed by atoms with van der Waals surface area (Å²) in [5.41, 5.74) is 0. The number of thioether (sulfide) groups is 1. The summed E-state index contributed by atoms with van der Waals surface area (Å²) in [4.78, 5) is 1.18. The molecule has 2 rings (SSSR count). The number of nitriles is 1. The molecule has 1 aromatic carbocycles. The van der Waals surface area contributed by atoms with Gasteiger partial charge in [-0.05, 0) is 52.7 Å². The predicted octanol–water partition coefficient (Wildman–Crippen LogP) is 4.87. The van der Waals surface area contributed by atoms with Crippen molar-refractivity contribution in [2.45, 2.75) is 36.3 Å². The summed E-state index contributed by atoms with van der Waals surface area (Å²) in [6, 6.07) is 10.7. The van der Waals surface area contributed by atoms with Crippen LogP contribution < -0.4 is 0 Å². The Labute approximate surface area is 116 Å². The number of benzene rings is 1. The highest BCUT2D eigenvalue weighted by Gasteiger charge is 2.46. The van der Waals surface area contributed by atoms with Gasteiger partial charge >= 0.3 is 0 Å². The first-order valence-corrected chi connectivity index (χ1v) is 7.52. The summed E-state index contributed by atoms with van der Waals surface area (Å²) >= 11 is 5.26. The van der Waals surface area contributed by atoms with E-state index >= 15 is 0 Å². The summed E-state index contributed by atoms with van der Waals surface area (Å²) in [6.45, 7) is 4.49. The Morgan fingerprint density at radius 2 is 2.06 bits per heavy atom. The molecular formula is C14H16BrNS. The zero-order chi connectivity index (χ0) is 12.5. The third-order valence-electron chi connectivity index (χ3n) is 3.47. The summed E-state index contributed by atoms with van der Waals surface area (Å²) in [5, 5.41) is 9.40. The molecule has 0 amide bonds. The highest BCUT2D eigenvalue weighted by molar-refractivity contribution is 9.10. The molecule has 1 aromatic rings. The molecular weight excluding hydrogens is 294 g/mol. The highest BCUT2D eigenvalue weighted by atomic mass is 79.9. The normalized spacial score (nSPS) is 27.6. The van der Waals surface area contributed by atoms with E-state index in [1.165, 1.54) is 4.90 Å².